The molecule has 0 aliphatic heterocycles. The lowest BCUT2D eigenvalue weighted by molar-refractivity contribution is 0.415. The largest absolute Gasteiger partial charge is 0.497 e. The first-order valence-corrected chi connectivity index (χ1v) is 7.91. The van der Waals surface area contributed by atoms with E-state index in [1.54, 1.807) is 25.7 Å². The number of hydrogen-bond donors (Lipinski definition) is 1. The molecule has 5 nitrogen and oxygen atoms in total. The summed E-state index contributed by atoms with van der Waals surface area (Å²) in [5.74, 6) is 0.781. The van der Waals surface area contributed by atoms with Gasteiger partial charge in [-0.15, -0.1) is 0 Å². The van der Waals surface area contributed by atoms with E-state index >= 15 is 0 Å². The average Bonchev–Trinajstić information content (AvgIpc) is 2.68. The predicted octanol–water partition coefficient (Wildman–Crippen LogP) is 4.24. The molecule has 0 bridgehead atoms. The van der Waals surface area contributed by atoms with Crippen LogP contribution in [0.5, 0.6) is 5.75 Å². The molecule has 0 atom stereocenters. The first kappa shape index (κ1) is 15.1. The van der Waals surface area contributed by atoms with Crippen LogP contribution < -0.4 is 10.2 Å². The third kappa shape index (κ3) is 2.99. The van der Waals surface area contributed by atoms with Crippen molar-refractivity contribution in [3.8, 4) is 5.75 Å². The van der Waals surface area contributed by atoms with Crippen LogP contribution in [0.4, 0.5) is 5.69 Å². The van der Waals surface area contributed by atoms with Crippen molar-refractivity contribution < 1.29 is 4.74 Å². The molecule has 0 unspecified atom stereocenters. The summed E-state index contributed by atoms with van der Waals surface area (Å²) in [5.41, 5.74) is 6.82. The molecule has 0 aliphatic rings. The highest BCUT2D eigenvalue weighted by Crippen LogP contribution is 2.25. The van der Waals surface area contributed by atoms with E-state index in [1.807, 2.05) is 54.6 Å². The highest BCUT2D eigenvalue weighted by Gasteiger charge is 2.03. The third-order valence-corrected chi connectivity index (χ3v) is 4.02. The lowest BCUT2D eigenvalue weighted by Crippen LogP contribution is -1.94. The fraction of sp³-hybridized carbons (Fsp3) is 0.0500. The molecule has 25 heavy (non-hydrogen) atoms. The zero-order chi connectivity index (χ0) is 17.1. The van der Waals surface area contributed by atoms with Crippen LogP contribution in [0, 0.1) is 0 Å². The zero-order valence-electron chi connectivity index (χ0n) is 13.7. The first-order chi connectivity index (χ1) is 12.3. The summed E-state index contributed by atoms with van der Waals surface area (Å²) in [6.07, 6.45) is 5.35. The summed E-state index contributed by atoms with van der Waals surface area (Å²) >= 11 is 0. The highest BCUT2D eigenvalue weighted by molar-refractivity contribution is 5.98. The van der Waals surface area contributed by atoms with Crippen molar-refractivity contribution in [3.05, 3.63) is 72.6 Å². The molecular formula is C20H16N4O. The van der Waals surface area contributed by atoms with Crippen molar-refractivity contribution in [2.45, 2.75) is 0 Å². The fourth-order valence-electron chi connectivity index (χ4n) is 2.75. The van der Waals surface area contributed by atoms with Crippen molar-refractivity contribution in [2.75, 3.05) is 12.5 Å². The molecule has 2 aromatic heterocycles. The summed E-state index contributed by atoms with van der Waals surface area (Å²) in [6.45, 7) is 0. The topological polar surface area (TPSA) is 59.4 Å². The summed E-state index contributed by atoms with van der Waals surface area (Å²) < 4.78 is 5.25. The van der Waals surface area contributed by atoms with Gasteiger partial charge in [0.1, 0.15) is 5.75 Å². The van der Waals surface area contributed by atoms with Gasteiger partial charge < -0.3 is 4.74 Å². The van der Waals surface area contributed by atoms with E-state index in [0.717, 1.165) is 38.8 Å². The monoisotopic (exact) mass is 328 g/mol. The molecule has 4 aromatic rings. The SMILES string of the molecule is COc1ccc2c(N/N=C/c3ccnc4ccccc34)ccnc2c1. The van der Waals surface area contributed by atoms with E-state index in [-0.39, 0.29) is 0 Å². The summed E-state index contributed by atoms with van der Waals surface area (Å²) in [7, 11) is 1.65. The van der Waals surface area contributed by atoms with Gasteiger partial charge in [-0.05, 0) is 30.3 Å². The van der Waals surface area contributed by atoms with Gasteiger partial charge in [0.25, 0.3) is 0 Å². The van der Waals surface area contributed by atoms with Crippen LogP contribution in [0.25, 0.3) is 21.8 Å². The minimum Gasteiger partial charge on any atom is -0.497 e. The van der Waals surface area contributed by atoms with Crippen molar-refractivity contribution in [1.29, 1.82) is 0 Å². The Balaban J connectivity index is 1.64. The lowest BCUT2D eigenvalue weighted by Gasteiger charge is -2.07. The Morgan fingerprint density at radius 3 is 2.68 bits per heavy atom. The van der Waals surface area contributed by atoms with E-state index in [9.17, 15) is 0 Å². The maximum Gasteiger partial charge on any atom is 0.121 e. The Bertz CT molecular complexity index is 1070. The van der Waals surface area contributed by atoms with Crippen LogP contribution in [0.1, 0.15) is 5.56 Å². The standard InChI is InChI=1S/C20H16N4O/c1-25-15-6-7-17-19(9-11-22-20(17)12-15)24-23-13-14-8-10-21-18-5-3-2-4-16(14)18/h2-13H,1H3,(H,22,24)/b23-13+. The van der Waals surface area contributed by atoms with E-state index in [1.165, 1.54) is 0 Å². The van der Waals surface area contributed by atoms with Gasteiger partial charge >= 0.3 is 0 Å². The van der Waals surface area contributed by atoms with Gasteiger partial charge in [0.05, 0.1) is 30.0 Å². The number of hydrogen-bond acceptors (Lipinski definition) is 5. The predicted molar refractivity (Wildman–Crippen MR) is 101 cm³/mol. The number of fused-ring (bicyclic) bond motifs is 2. The van der Waals surface area contributed by atoms with Crippen LogP contribution >= 0.6 is 0 Å². The quantitative estimate of drug-likeness (QED) is 0.450. The molecular weight excluding hydrogens is 312 g/mol. The number of methoxy groups -OCH3 is 1. The average molecular weight is 328 g/mol. The maximum absolute atomic E-state index is 5.25. The molecule has 0 aliphatic carbocycles. The maximum atomic E-state index is 5.25. The Hall–Kier alpha value is -3.47. The van der Waals surface area contributed by atoms with Gasteiger partial charge in [-0.1, -0.05) is 18.2 Å². The molecule has 1 N–H and O–H groups in total. The number of rotatable bonds is 4. The van der Waals surface area contributed by atoms with Crippen LogP contribution in [0.3, 0.4) is 0 Å². The number of hydrazone groups is 1. The van der Waals surface area contributed by atoms with Gasteiger partial charge in [0, 0.05) is 34.8 Å². The lowest BCUT2D eigenvalue weighted by atomic mass is 10.1. The Kier molecular flexibility index (Phi) is 3.96. The molecule has 0 radical (unpaired) electrons. The molecule has 2 heterocycles. The molecule has 0 fully saturated rings. The van der Waals surface area contributed by atoms with Gasteiger partial charge in [-0.25, -0.2) is 0 Å². The van der Waals surface area contributed by atoms with Gasteiger partial charge in [-0.3, -0.25) is 15.4 Å². The van der Waals surface area contributed by atoms with Gasteiger partial charge in [-0.2, -0.15) is 5.10 Å². The number of aromatic nitrogens is 2. The number of pyridine rings is 2. The summed E-state index contributed by atoms with van der Waals surface area (Å²) in [5, 5.41) is 6.45. The van der Waals surface area contributed by atoms with Crippen LogP contribution in [0.15, 0.2) is 72.1 Å². The van der Waals surface area contributed by atoms with Crippen molar-refractivity contribution >= 4 is 33.7 Å². The molecule has 5 heteroatoms. The minimum atomic E-state index is 0.781. The van der Waals surface area contributed by atoms with Crippen molar-refractivity contribution in [3.63, 3.8) is 0 Å². The normalized spacial score (nSPS) is 11.2. The molecule has 0 amide bonds. The Morgan fingerprint density at radius 1 is 0.920 bits per heavy atom. The summed E-state index contributed by atoms with van der Waals surface area (Å²) in [6, 6.07) is 17.6. The fourth-order valence-corrected chi connectivity index (χ4v) is 2.75. The van der Waals surface area contributed by atoms with Crippen LogP contribution in [0.2, 0.25) is 0 Å². The second-order valence-corrected chi connectivity index (χ2v) is 5.53. The van der Waals surface area contributed by atoms with Gasteiger partial charge in [0.2, 0.25) is 0 Å². The van der Waals surface area contributed by atoms with Crippen LogP contribution in [-0.2, 0) is 0 Å². The molecule has 0 saturated heterocycles. The van der Waals surface area contributed by atoms with E-state index < -0.39 is 0 Å². The van der Waals surface area contributed by atoms with E-state index in [4.69, 9.17) is 4.74 Å². The zero-order valence-corrected chi connectivity index (χ0v) is 13.7. The number of ether oxygens (including phenoxy) is 1. The Morgan fingerprint density at radius 2 is 1.76 bits per heavy atom. The summed E-state index contributed by atoms with van der Waals surface area (Å²) in [4.78, 5) is 8.74. The smallest absolute Gasteiger partial charge is 0.121 e. The van der Waals surface area contributed by atoms with Crippen LogP contribution in [-0.4, -0.2) is 23.3 Å². The second kappa shape index (κ2) is 6.57. The highest BCUT2D eigenvalue weighted by atomic mass is 16.5. The van der Waals surface area contributed by atoms with Crippen molar-refractivity contribution in [2.24, 2.45) is 5.10 Å². The molecule has 2 aromatic carbocycles. The number of benzene rings is 2. The molecule has 122 valence electrons. The number of para-hydroxylation sites is 1. The first-order valence-electron chi connectivity index (χ1n) is 7.91. The number of anilines is 1. The number of nitrogens with zero attached hydrogens (tertiary/aromatic N) is 3. The Labute approximate surface area is 145 Å². The van der Waals surface area contributed by atoms with E-state index in [0.29, 0.717) is 0 Å². The van der Waals surface area contributed by atoms with Gasteiger partial charge in [0.15, 0.2) is 0 Å². The molecule has 4 rings (SSSR count). The third-order valence-electron chi connectivity index (χ3n) is 4.02. The van der Waals surface area contributed by atoms with Crippen molar-refractivity contribution in [1.82, 2.24) is 9.97 Å². The molecule has 0 spiro atoms. The molecule has 0 saturated carbocycles. The second-order valence-electron chi connectivity index (χ2n) is 5.53. The minimum absolute atomic E-state index is 0.781. The number of nitrogens with one attached hydrogen (secondary N) is 1. The van der Waals surface area contributed by atoms with E-state index in [2.05, 4.69) is 20.5 Å².